The van der Waals surface area contributed by atoms with E-state index in [2.05, 4.69) is 18.7 Å². The van der Waals surface area contributed by atoms with Crippen LogP contribution < -0.4 is 0 Å². The first kappa shape index (κ1) is 9.78. The second kappa shape index (κ2) is 3.28. The van der Waals surface area contributed by atoms with Gasteiger partial charge < -0.3 is 0 Å². The first-order valence-electron chi connectivity index (χ1n) is 5.54. The summed E-state index contributed by atoms with van der Waals surface area (Å²) in [5, 5.41) is 0.948. The van der Waals surface area contributed by atoms with Crippen LogP contribution >= 0.6 is 0 Å². The molecule has 0 radical (unpaired) electrons. The predicted octanol–water partition coefficient (Wildman–Crippen LogP) is 0.911. The minimum atomic E-state index is -0.174. The van der Waals surface area contributed by atoms with Crippen molar-refractivity contribution in [3.63, 3.8) is 0 Å². The summed E-state index contributed by atoms with van der Waals surface area (Å²) in [5.41, 5.74) is 0. The molecule has 1 heterocycles. The Hall–Kier alpha value is -1.42. The summed E-state index contributed by atoms with van der Waals surface area (Å²) >= 11 is 0. The van der Waals surface area contributed by atoms with Crippen LogP contribution in [0.3, 0.4) is 0 Å². The quantitative estimate of drug-likeness (QED) is 0.523. The van der Waals surface area contributed by atoms with Gasteiger partial charge in [-0.05, 0) is 18.3 Å². The highest BCUT2D eigenvalue weighted by atomic mass is 16.7. The third-order valence-electron chi connectivity index (χ3n) is 3.75. The molecule has 4 nitrogen and oxygen atoms in total. The lowest BCUT2D eigenvalue weighted by molar-refractivity contribution is -0.186. The molecule has 2 amide bonds. The van der Waals surface area contributed by atoms with Crippen LogP contribution in [-0.4, -0.2) is 23.5 Å². The van der Waals surface area contributed by atoms with Gasteiger partial charge >= 0.3 is 0 Å². The fourth-order valence-electron chi connectivity index (χ4n) is 3.13. The van der Waals surface area contributed by atoms with Crippen molar-refractivity contribution in [1.29, 1.82) is 0 Å². The van der Waals surface area contributed by atoms with Crippen LogP contribution in [0.1, 0.15) is 6.42 Å². The molecule has 0 N–H and O–H groups in total. The van der Waals surface area contributed by atoms with Gasteiger partial charge in [-0.15, -0.1) is 6.58 Å². The van der Waals surface area contributed by atoms with Gasteiger partial charge in [-0.3, -0.25) is 14.4 Å². The van der Waals surface area contributed by atoms with Gasteiger partial charge in [0.15, 0.2) is 0 Å². The van der Waals surface area contributed by atoms with Crippen LogP contribution in [0.5, 0.6) is 0 Å². The molecular formula is C12H13NO3. The van der Waals surface area contributed by atoms with Gasteiger partial charge in [-0.2, -0.15) is 5.06 Å². The fourth-order valence-corrected chi connectivity index (χ4v) is 3.13. The summed E-state index contributed by atoms with van der Waals surface area (Å²) in [4.78, 5) is 29.1. The molecule has 84 valence electrons. The highest BCUT2D eigenvalue weighted by Crippen LogP contribution is 2.52. The highest BCUT2D eigenvalue weighted by Gasteiger charge is 2.59. The Morgan fingerprint density at radius 2 is 1.88 bits per heavy atom. The van der Waals surface area contributed by atoms with Crippen molar-refractivity contribution in [2.45, 2.75) is 6.42 Å². The number of amides is 2. The first-order valence-corrected chi connectivity index (χ1v) is 5.54. The predicted molar refractivity (Wildman–Crippen MR) is 55.7 cm³/mol. The van der Waals surface area contributed by atoms with Crippen molar-refractivity contribution in [1.82, 2.24) is 5.06 Å². The Kier molecular flexibility index (Phi) is 2.01. The zero-order valence-corrected chi connectivity index (χ0v) is 8.83. The largest absolute Gasteiger partial charge is 0.272 e. The third kappa shape index (κ3) is 1.08. The van der Waals surface area contributed by atoms with Crippen LogP contribution in [0.2, 0.25) is 0 Å². The van der Waals surface area contributed by atoms with E-state index < -0.39 is 0 Å². The summed E-state index contributed by atoms with van der Waals surface area (Å²) in [6, 6.07) is 0. The summed E-state index contributed by atoms with van der Waals surface area (Å²) in [6.45, 7) is 3.69. The first-order chi connectivity index (χ1) is 7.74. The van der Waals surface area contributed by atoms with E-state index in [0.717, 1.165) is 11.5 Å². The van der Waals surface area contributed by atoms with Crippen LogP contribution in [-0.2, 0) is 14.4 Å². The lowest BCUT2D eigenvalue weighted by atomic mass is 9.85. The zero-order valence-electron chi connectivity index (χ0n) is 8.83. The minimum Gasteiger partial charge on any atom is -0.272 e. The molecule has 0 spiro atoms. The van der Waals surface area contributed by atoms with Gasteiger partial charge in [0.25, 0.3) is 11.8 Å². The maximum Gasteiger partial charge on any atom is 0.258 e. The van der Waals surface area contributed by atoms with E-state index in [9.17, 15) is 9.59 Å². The molecule has 2 bridgehead atoms. The van der Waals surface area contributed by atoms with E-state index in [1.807, 2.05) is 0 Å². The van der Waals surface area contributed by atoms with Gasteiger partial charge in [-0.25, -0.2) is 0 Å². The fraction of sp³-hybridized carbons (Fsp3) is 0.500. The molecule has 0 aromatic carbocycles. The lowest BCUT2D eigenvalue weighted by Gasteiger charge is -2.15. The Bertz CT molecular complexity index is 371. The maximum absolute atomic E-state index is 12.0. The van der Waals surface area contributed by atoms with Crippen LogP contribution in [0, 0.1) is 23.7 Å². The van der Waals surface area contributed by atoms with Crippen molar-refractivity contribution >= 4 is 11.8 Å². The second-order valence-electron chi connectivity index (χ2n) is 4.56. The molecule has 1 saturated carbocycles. The molecule has 0 aromatic heterocycles. The van der Waals surface area contributed by atoms with Gasteiger partial charge in [0, 0.05) is 0 Å². The molecular weight excluding hydrogens is 206 g/mol. The molecule has 0 aromatic rings. The second-order valence-corrected chi connectivity index (χ2v) is 4.56. The minimum absolute atomic E-state index is 0.172. The lowest BCUT2D eigenvalue weighted by Crippen LogP contribution is -2.33. The molecule has 0 unspecified atom stereocenters. The summed E-state index contributed by atoms with van der Waals surface area (Å²) in [6.07, 6.45) is 6.60. The van der Waals surface area contributed by atoms with Crippen molar-refractivity contribution in [2.75, 3.05) is 6.61 Å². The van der Waals surface area contributed by atoms with Crippen molar-refractivity contribution in [3.05, 3.63) is 24.8 Å². The van der Waals surface area contributed by atoms with Crippen LogP contribution in [0.4, 0.5) is 0 Å². The van der Waals surface area contributed by atoms with Gasteiger partial charge in [0.05, 0.1) is 18.4 Å². The molecule has 16 heavy (non-hydrogen) atoms. The summed E-state index contributed by atoms with van der Waals surface area (Å²) < 4.78 is 0. The summed E-state index contributed by atoms with van der Waals surface area (Å²) in [7, 11) is 0. The van der Waals surface area contributed by atoms with E-state index in [4.69, 9.17) is 4.84 Å². The number of nitrogens with zero attached hydrogens (tertiary/aromatic N) is 1. The van der Waals surface area contributed by atoms with Gasteiger partial charge in [0.1, 0.15) is 0 Å². The molecule has 1 saturated heterocycles. The number of fused-ring (bicyclic) bond motifs is 5. The molecule has 1 aliphatic heterocycles. The topological polar surface area (TPSA) is 46.6 Å². The molecule has 3 aliphatic rings. The van der Waals surface area contributed by atoms with Gasteiger partial charge in [0.2, 0.25) is 0 Å². The Morgan fingerprint density at radius 3 is 2.38 bits per heavy atom. The number of imide groups is 1. The number of rotatable bonds is 3. The van der Waals surface area contributed by atoms with Crippen LogP contribution in [0.15, 0.2) is 24.8 Å². The van der Waals surface area contributed by atoms with Crippen molar-refractivity contribution < 1.29 is 14.4 Å². The van der Waals surface area contributed by atoms with Gasteiger partial charge in [-0.1, -0.05) is 18.2 Å². The van der Waals surface area contributed by atoms with Crippen LogP contribution in [0.25, 0.3) is 0 Å². The molecule has 3 rings (SSSR count). The zero-order chi connectivity index (χ0) is 11.3. The number of hydrogen-bond donors (Lipinski definition) is 0. The molecule has 4 atom stereocenters. The van der Waals surface area contributed by atoms with E-state index in [1.165, 1.54) is 6.08 Å². The third-order valence-corrected chi connectivity index (χ3v) is 3.75. The average Bonchev–Trinajstić information content (AvgIpc) is 2.92. The molecule has 2 fully saturated rings. The normalized spacial score (nSPS) is 39.6. The number of carbonyl (C=O) groups is 2. The molecule has 2 aliphatic carbocycles. The van der Waals surface area contributed by atoms with Crippen molar-refractivity contribution in [3.8, 4) is 0 Å². The van der Waals surface area contributed by atoms with E-state index in [-0.39, 0.29) is 42.1 Å². The monoisotopic (exact) mass is 219 g/mol. The summed E-state index contributed by atoms with van der Waals surface area (Å²) in [5.74, 6) is -0.213. The number of hydrogen-bond acceptors (Lipinski definition) is 3. The number of carbonyl (C=O) groups excluding carboxylic acids is 2. The van der Waals surface area contributed by atoms with E-state index in [0.29, 0.717) is 0 Å². The Morgan fingerprint density at radius 1 is 1.31 bits per heavy atom. The number of allylic oxidation sites excluding steroid dienone is 2. The SMILES string of the molecule is C=CCON1C(=O)[C@H]2[C@H](C1=O)[C@H]1C=C[C@H]2C1. The Labute approximate surface area is 93.5 Å². The number of hydroxylamine groups is 2. The average molecular weight is 219 g/mol. The standard InChI is InChI=1S/C12H13NO3/c1-2-5-16-13-11(14)9-7-3-4-8(6-7)10(9)12(13)15/h2-4,7-10H,1,5-6H2/t7-,8-,9+,10+/m0/s1. The van der Waals surface area contributed by atoms with E-state index >= 15 is 0 Å². The maximum atomic E-state index is 12.0. The smallest absolute Gasteiger partial charge is 0.258 e. The Balaban J connectivity index is 1.86. The van der Waals surface area contributed by atoms with Crippen molar-refractivity contribution in [2.24, 2.45) is 23.7 Å². The molecule has 4 heteroatoms. The van der Waals surface area contributed by atoms with E-state index in [1.54, 1.807) is 0 Å². The highest BCUT2D eigenvalue weighted by molar-refractivity contribution is 6.05.